The van der Waals surface area contributed by atoms with E-state index in [0.717, 1.165) is 44.1 Å². The van der Waals surface area contributed by atoms with Crippen LogP contribution in [-0.2, 0) is 10.3 Å². The summed E-state index contributed by atoms with van der Waals surface area (Å²) in [4.78, 5) is 63.3. The number of alkyl halides is 3. The lowest BCUT2D eigenvalue weighted by Gasteiger charge is -2.20. The maximum absolute atomic E-state index is 13.4. The smallest absolute Gasteiger partial charge is 0.422 e. The van der Waals surface area contributed by atoms with E-state index in [-0.39, 0.29) is 47.7 Å². The van der Waals surface area contributed by atoms with Crippen LogP contribution < -0.4 is 47.5 Å². The molecule has 3 aromatic carbocycles. The zero-order valence-electron chi connectivity index (χ0n) is 29.5. The van der Waals surface area contributed by atoms with Crippen LogP contribution in [0.4, 0.5) is 42.1 Å². The molecule has 4 aromatic rings. The number of nitrogens with zero attached hydrogens (tertiary/aromatic N) is 3. The van der Waals surface area contributed by atoms with Crippen molar-refractivity contribution in [2.24, 2.45) is 11.8 Å². The highest BCUT2D eigenvalue weighted by Crippen LogP contribution is 2.48. The molecule has 7 rings (SSSR count). The number of carbonyl (C=O) groups excluding carboxylic acids is 2. The maximum Gasteiger partial charge on any atom is 0.422 e. The Labute approximate surface area is 318 Å². The van der Waals surface area contributed by atoms with Crippen LogP contribution in [0.25, 0.3) is 0 Å². The minimum absolute atomic E-state index is 0.00562. The molecule has 55 heavy (non-hydrogen) atoms. The molecule has 3 fully saturated rings. The summed E-state index contributed by atoms with van der Waals surface area (Å²) >= 11 is 6.05. The fraction of sp³-hybridized carbons (Fsp3) is 0.432. The molecule has 0 aliphatic heterocycles. The highest BCUT2D eigenvalue weighted by molar-refractivity contribution is 6.30. The van der Waals surface area contributed by atoms with Crippen LogP contribution in [0.15, 0.2) is 58.1 Å². The summed E-state index contributed by atoms with van der Waals surface area (Å²) in [7, 11) is 0. The van der Waals surface area contributed by atoms with Crippen molar-refractivity contribution >= 4 is 52.4 Å². The molecule has 3 aliphatic rings. The Morgan fingerprint density at radius 1 is 0.855 bits per heavy atom. The summed E-state index contributed by atoms with van der Waals surface area (Å²) in [5, 5.41) is 18.4. The average Bonchev–Trinajstić information content (AvgIpc) is 4.02. The second kappa shape index (κ2) is 15.7. The molecule has 0 spiro atoms. The highest BCUT2D eigenvalue weighted by Gasteiger charge is 2.45. The highest BCUT2D eigenvalue weighted by atomic mass is 35.5. The van der Waals surface area contributed by atoms with Gasteiger partial charge in [-0.2, -0.15) is 28.1 Å². The number of hydrogen-bond acceptors (Lipinski definition) is 12. The molecule has 0 unspecified atom stereocenters. The molecule has 6 N–H and O–H groups in total. The molecule has 3 aliphatic carbocycles. The van der Waals surface area contributed by atoms with Gasteiger partial charge in [-0.1, -0.05) is 23.7 Å². The van der Waals surface area contributed by atoms with E-state index in [1.807, 2.05) is 12.1 Å². The summed E-state index contributed by atoms with van der Waals surface area (Å²) < 4.78 is 43.9. The van der Waals surface area contributed by atoms with Crippen LogP contribution in [0, 0.1) is 11.8 Å². The lowest BCUT2D eigenvalue weighted by Crippen LogP contribution is -2.48. The molecule has 0 radical (unpaired) electrons. The van der Waals surface area contributed by atoms with Crippen molar-refractivity contribution < 1.29 is 27.5 Å². The summed E-state index contributed by atoms with van der Waals surface area (Å²) in [6, 6.07) is 11.8. The number of nitrogens with one attached hydrogen (secondary N) is 6. The van der Waals surface area contributed by atoms with Gasteiger partial charge in [0.2, 0.25) is 17.8 Å². The van der Waals surface area contributed by atoms with E-state index < -0.39 is 47.1 Å². The molecule has 3 saturated carbocycles. The lowest BCUT2D eigenvalue weighted by atomic mass is 10.1. The van der Waals surface area contributed by atoms with Crippen molar-refractivity contribution in [2.45, 2.75) is 62.7 Å². The Kier molecular flexibility index (Phi) is 10.8. The average molecular weight is 782 g/mol. The zero-order chi connectivity index (χ0) is 38.7. The first-order chi connectivity index (χ1) is 26.3. The van der Waals surface area contributed by atoms with E-state index in [9.17, 15) is 32.3 Å². The predicted molar refractivity (Wildman–Crippen MR) is 200 cm³/mol. The summed E-state index contributed by atoms with van der Waals surface area (Å²) in [6.07, 6.45) is 1.17. The third kappa shape index (κ3) is 10.0. The van der Waals surface area contributed by atoms with Crippen LogP contribution in [0.1, 0.15) is 60.9 Å². The second-order valence-corrected chi connectivity index (χ2v) is 14.7. The number of benzene rings is 2. The van der Waals surface area contributed by atoms with E-state index in [0.29, 0.717) is 35.6 Å². The van der Waals surface area contributed by atoms with Gasteiger partial charge in [-0.25, -0.2) is 0 Å². The van der Waals surface area contributed by atoms with Crippen molar-refractivity contribution in [3.05, 3.63) is 85.1 Å². The molecule has 0 saturated heterocycles. The molecule has 18 heteroatoms. The molecule has 1 aromatic heterocycles. The number of halogens is 4. The van der Waals surface area contributed by atoms with E-state index >= 15 is 0 Å². The first-order valence-electron chi connectivity index (χ1n) is 18.1. The Bertz CT molecular complexity index is 2100. The molecular weight excluding hydrogens is 743 g/mol. The third-order valence-electron chi connectivity index (χ3n) is 9.67. The summed E-state index contributed by atoms with van der Waals surface area (Å²) in [5.74, 6) is -0.115. The van der Waals surface area contributed by atoms with Crippen LogP contribution in [-0.4, -0.2) is 65.2 Å². The SMILES string of the molecule is O=C(N[C@@H](CCNc1c(NCC2CC2)c(=O)c1=O)C(=O)NCC1CC1)c1ccc(Nc2nc(NC3(c4ccc(Cl)cc4)CC3)nc(OCC(F)(F)F)n2)cc1. The van der Waals surface area contributed by atoms with Gasteiger partial charge in [-0.15, -0.1) is 0 Å². The molecule has 2 amide bonds. The number of carbonyl (C=O) groups is 2. The number of aromatic nitrogens is 3. The van der Waals surface area contributed by atoms with Gasteiger partial charge in [-0.05, 0) is 98.7 Å². The number of hydrogen-bond donors (Lipinski definition) is 6. The second-order valence-electron chi connectivity index (χ2n) is 14.2. The van der Waals surface area contributed by atoms with Gasteiger partial charge in [-0.3, -0.25) is 19.2 Å². The van der Waals surface area contributed by atoms with Crippen molar-refractivity contribution in [2.75, 3.05) is 47.5 Å². The number of anilines is 5. The summed E-state index contributed by atoms with van der Waals surface area (Å²) in [6.45, 7) is -0.350. The fourth-order valence-electron chi connectivity index (χ4n) is 5.95. The van der Waals surface area contributed by atoms with E-state index in [1.165, 1.54) is 12.1 Å². The Morgan fingerprint density at radius 2 is 1.49 bits per heavy atom. The minimum Gasteiger partial charge on any atom is -0.454 e. The lowest BCUT2D eigenvalue weighted by molar-refractivity contribution is -0.154. The molecule has 1 heterocycles. The summed E-state index contributed by atoms with van der Waals surface area (Å²) in [5.41, 5.74) is 0.236. The topological polar surface area (TPSA) is 188 Å². The van der Waals surface area contributed by atoms with Crippen molar-refractivity contribution in [1.29, 1.82) is 0 Å². The molecule has 1 atom stereocenters. The largest absolute Gasteiger partial charge is 0.454 e. The van der Waals surface area contributed by atoms with Crippen LogP contribution in [0.3, 0.4) is 0 Å². The van der Waals surface area contributed by atoms with E-state index in [1.54, 1.807) is 24.3 Å². The standard InChI is InChI=1S/C37H39ClF3N9O5/c38-24-9-7-23(8-10-24)36(14-15-36)50-34-47-33(48-35(49-34)55-19-37(39,40)41)45-25-11-5-22(6-12-25)31(53)46-26(32(54)44-18-21-3-4-21)13-16-42-27-28(30(52)29(27)51)43-17-20-1-2-20/h5-12,20-21,26,42-43H,1-4,13-19H2,(H,44,54)(H,46,53)(H2,45,47,48,49,50)/t26-/m0/s1. The van der Waals surface area contributed by atoms with Crippen molar-refractivity contribution in [3.8, 4) is 6.01 Å². The number of ether oxygens (including phenoxy) is 1. The van der Waals surface area contributed by atoms with Gasteiger partial charge in [0.05, 0.1) is 5.54 Å². The fourth-order valence-corrected chi connectivity index (χ4v) is 6.07. The molecule has 14 nitrogen and oxygen atoms in total. The maximum atomic E-state index is 13.4. The van der Waals surface area contributed by atoms with Crippen molar-refractivity contribution in [1.82, 2.24) is 25.6 Å². The van der Waals surface area contributed by atoms with Gasteiger partial charge in [0, 0.05) is 35.9 Å². The van der Waals surface area contributed by atoms with Gasteiger partial charge in [0.15, 0.2) is 6.61 Å². The quantitative estimate of drug-likeness (QED) is 0.0711. The number of amides is 2. The van der Waals surface area contributed by atoms with Gasteiger partial charge in [0.1, 0.15) is 17.4 Å². The number of rotatable bonds is 19. The third-order valence-corrected chi connectivity index (χ3v) is 9.93. The Balaban J connectivity index is 1.00. The Morgan fingerprint density at radius 3 is 2.13 bits per heavy atom. The first-order valence-corrected chi connectivity index (χ1v) is 18.5. The minimum atomic E-state index is -4.62. The van der Waals surface area contributed by atoms with Crippen LogP contribution in [0.5, 0.6) is 6.01 Å². The zero-order valence-corrected chi connectivity index (χ0v) is 30.3. The van der Waals surface area contributed by atoms with Crippen LogP contribution >= 0.6 is 11.6 Å². The molecule has 0 bridgehead atoms. The predicted octanol–water partition coefficient (Wildman–Crippen LogP) is 4.86. The van der Waals surface area contributed by atoms with Crippen LogP contribution in [0.2, 0.25) is 5.02 Å². The Hall–Kier alpha value is -5.45. The van der Waals surface area contributed by atoms with E-state index in [2.05, 4.69) is 46.9 Å². The van der Waals surface area contributed by atoms with Gasteiger partial charge < -0.3 is 36.6 Å². The van der Waals surface area contributed by atoms with Gasteiger partial charge >= 0.3 is 12.2 Å². The van der Waals surface area contributed by atoms with Crippen molar-refractivity contribution in [3.63, 3.8) is 0 Å². The first kappa shape index (κ1) is 37.8. The van der Waals surface area contributed by atoms with Gasteiger partial charge in [0.25, 0.3) is 16.8 Å². The van der Waals surface area contributed by atoms with E-state index in [4.69, 9.17) is 16.3 Å². The normalized spacial score (nSPS) is 16.5. The molecule has 290 valence electrons. The monoisotopic (exact) mass is 781 g/mol. The molecular formula is C37H39ClF3N9O5.